The van der Waals surface area contributed by atoms with E-state index in [1.807, 2.05) is 42.5 Å². The van der Waals surface area contributed by atoms with Crippen LogP contribution < -0.4 is 14.8 Å². The summed E-state index contributed by atoms with van der Waals surface area (Å²) in [6.45, 7) is 2.89. The monoisotopic (exact) mass is 417 g/mol. The molecule has 1 N–H and O–H groups in total. The van der Waals surface area contributed by atoms with Gasteiger partial charge in [0.2, 0.25) is 5.91 Å². The van der Waals surface area contributed by atoms with E-state index in [1.165, 1.54) is 18.9 Å². The van der Waals surface area contributed by atoms with Crippen molar-refractivity contribution in [2.24, 2.45) is 0 Å². The van der Waals surface area contributed by atoms with Gasteiger partial charge < -0.3 is 14.8 Å². The predicted molar refractivity (Wildman–Crippen MR) is 110 cm³/mol. The summed E-state index contributed by atoms with van der Waals surface area (Å²) in [4.78, 5) is 12.1. The van der Waals surface area contributed by atoms with E-state index in [2.05, 4.69) is 28.2 Å². The van der Waals surface area contributed by atoms with E-state index in [9.17, 15) is 4.79 Å². The summed E-state index contributed by atoms with van der Waals surface area (Å²) in [6, 6.07) is 13.0. The van der Waals surface area contributed by atoms with E-state index in [1.54, 1.807) is 13.2 Å². The molecule has 2 aromatic carbocycles. The molecular weight excluding hydrogens is 394 g/mol. The lowest BCUT2D eigenvalue weighted by Crippen LogP contribution is -2.07. The highest BCUT2D eigenvalue weighted by Crippen LogP contribution is 2.26. The zero-order valence-electron chi connectivity index (χ0n) is 15.1. The molecule has 26 heavy (non-hydrogen) atoms. The SMILES string of the molecule is CCCCCOc1ccc(NC(=O)/C=C/c2ccc(OC)c(Br)c2)cc1. The van der Waals surface area contributed by atoms with E-state index in [-0.39, 0.29) is 5.91 Å². The van der Waals surface area contributed by atoms with E-state index in [4.69, 9.17) is 9.47 Å². The average molecular weight is 418 g/mol. The molecule has 0 atom stereocenters. The third kappa shape index (κ3) is 6.56. The van der Waals surface area contributed by atoms with Crippen molar-refractivity contribution in [3.05, 3.63) is 58.6 Å². The minimum Gasteiger partial charge on any atom is -0.496 e. The first kappa shape index (κ1) is 20.0. The predicted octanol–water partition coefficient (Wildman–Crippen LogP) is 5.68. The van der Waals surface area contributed by atoms with Gasteiger partial charge >= 0.3 is 0 Å². The molecule has 138 valence electrons. The fourth-order valence-corrected chi connectivity index (χ4v) is 2.88. The number of benzene rings is 2. The van der Waals surface area contributed by atoms with Crippen LogP contribution in [-0.4, -0.2) is 19.6 Å². The third-order valence-electron chi connectivity index (χ3n) is 3.74. The zero-order valence-corrected chi connectivity index (χ0v) is 16.7. The molecule has 4 nitrogen and oxygen atoms in total. The molecule has 0 fully saturated rings. The summed E-state index contributed by atoms with van der Waals surface area (Å²) in [6.07, 6.45) is 6.66. The molecule has 0 saturated carbocycles. The summed E-state index contributed by atoms with van der Waals surface area (Å²) >= 11 is 3.43. The van der Waals surface area contributed by atoms with Gasteiger partial charge in [0.25, 0.3) is 0 Å². The molecule has 0 saturated heterocycles. The highest BCUT2D eigenvalue weighted by atomic mass is 79.9. The van der Waals surface area contributed by atoms with Crippen LogP contribution in [0.15, 0.2) is 53.0 Å². The van der Waals surface area contributed by atoms with E-state index in [0.717, 1.165) is 40.3 Å². The van der Waals surface area contributed by atoms with Gasteiger partial charge in [-0.1, -0.05) is 25.8 Å². The number of rotatable bonds is 9. The molecule has 2 rings (SSSR count). The number of carbonyl (C=O) groups excluding carboxylic acids is 1. The first-order valence-electron chi connectivity index (χ1n) is 8.68. The summed E-state index contributed by atoms with van der Waals surface area (Å²) in [5, 5.41) is 2.84. The Morgan fingerprint density at radius 3 is 2.58 bits per heavy atom. The van der Waals surface area contributed by atoms with Crippen LogP contribution in [0.2, 0.25) is 0 Å². The number of carbonyl (C=O) groups is 1. The minimum absolute atomic E-state index is 0.187. The van der Waals surface area contributed by atoms with Crippen molar-refractivity contribution in [2.75, 3.05) is 19.0 Å². The van der Waals surface area contributed by atoms with E-state index < -0.39 is 0 Å². The van der Waals surface area contributed by atoms with Gasteiger partial charge in [0.1, 0.15) is 11.5 Å². The number of amides is 1. The van der Waals surface area contributed by atoms with Gasteiger partial charge in [0, 0.05) is 11.8 Å². The molecule has 0 unspecified atom stereocenters. The zero-order chi connectivity index (χ0) is 18.8. The van der Waals surface area contributed by atoms with Crippen molar-refractivity contribution in [3.63, 3.8) is 0 Å². The quantitative estimate of drug-likeness (QED) is 0.421. The van der Waals surface area contributed by atoms with Crippen molar-refractivity contribution in [1.82, 2.24) is 0 Å². The molecule has 0 spiro atoms. The van der Waals surface area contributed by atoms with Gasteiger partial charge in [0.15, 0.2) is 0 Å². The number of hydrogen-bond donors (Lipinski definition) is 1. The van der Waals surface area contributed by atoms with Crippen LogP contribution in [0.3, 0.4) is 0 Å². The fourth-order valence-electron chi connectivity index (χ4n) is 2.32. The van der Waals surface area contributed by atoms with Crippen LogP contribution in [0.1, 0.15) is 31.7 Å². The van der Waals surface area contributed by atoms with Crippen molar-refractivity contribution in [2.45, 2.75) is 26.2 Å². The topological polar surface area (TPSA) is 47.6 Å². The van der Waals surface area contributed by atoms with Crippen LogP contribution >= 0.6 is 15.9 Å². The smallest absolute Gasteiger partial charge is 0.248 e. The second-order valence-electron chi connectivity index (χ2n) is 5.80. The Labute approximate surface area is 163 Å². The van der Waals surface area contributed by atoms with Crippen LogP contribution in [-0.2, 0) is 4.79 Å². The van der Waals surface area contributed by atoms with E-state index >= 15 is 0 Å². The molecule has 1 amide bonds. The Morgan fingerprint density at radius 2 is 1.92 bits per heavy atom. The van der Waals surface area contributed by atoms with Crippen molar-refractivity contribution in [1.29, 1.82) is 0 Å². The number of nitrogens with one attached hydrogen (secondary N) is 1. The fraction of sp³-hybridized carbons (Fsp3) is 0.286. The Bertz CT molecular complexity index is 741. The molecule has 0 aliphatic rings. The minimum atomic E-state index is -0.187. The summed E-state index contributed by atoms with van der Waals surface area (Å²) in [7, 11) is 1.62. The molecule has 0 radical (unpaired) electrons. The largest absolute Gasteiger partial charge is 0.496 e. The molecular formula is C21H24BrNO3. The normalized spacial score (nSPS) is 10.7. The van der Waals surface area contributed by atoms with Gasteiger partial charge in [-0.15, -0.1) is 0 Å². The lowest BCUT2D eigenvalue weighted by molar-refractivity contribution is -0.111. The number of methoxy groups -OCH3 is 1. The van der Waals surface area contributed by atoms with Gasteiger partial charge in [0.05, 0.1) is 18.2 Å². The maximum atomic E-state index is 12.1. The maximum absolute atomic E-state index is 12.1. The standard InChI is InChI=1S/C21H24BrNO3/c1-3-4-5-14-26-18-10-8-17(9-11-18)23-21(24)13-7-16-6-12-20(25-2)19(22)15-16/h6-13,15H,3-5,14H2,1-2H3,(H,23,24)/b13-7+. The molecule has 2 aromatic rings. The lowest BCUT2D eigenvalue weighted by Gasteiger charge is -2.07. The summed E-state index contributed by atoms with van der Waals surface area (Å²) in [5.41, 5.74) is 1.64. The van der Waals surface area contributed by atoms with Gasteiger partial charge in [-0.25, -0.2) is 0 Å². The van der Waals surface area contributed by atoms with Crippen molar-refractivity contribution < 1.29 is 14.3 Å². The molecule has 0 aliphatic carbocycles. The van der Waals surface area contributed by atoms with Crippen LogP contribution in [0.5, 0.6) is 11.5 Å². The summed E-state index contributed by atoms with van der Waals surface area (Å²) < 4.78 is 11.7. The van der Waals surface area contributed by atoms with Crippen molar-refractivity contribution >= 4 is 33.6 Å². The Kier molecular flexibility index (Phi) is 8.22. The van der Waals surface area contributed by atoms with Gasteiger partial charge in [-0.2, -0.15) is 0 Å². The lowest BCUT2D eigenvalue weighted by atomic mass is 10.2. The third-order valence-corrected chi connectivity index (χ3v) is 4.36. The molecule has 0 heterocycles. The second-order valence-corrected chi connectivity index (χ2v) is 6.65. The first-order valence-corrected chi connectivity index (χ1v) is 9.47. The van der Waals surface area contributed by atoms with Crippen LogP contribution in [0.25, 0.3) is 6.08 Å². The number of unbranched alkanes of at least 4 members (excludes halogenated alkanes) is 2. The van der Waals surface area contributed by atoms with E-state index in [0.29, 0.717) is 0 Å². The number of halogens is 1. The average Bonchev–Trinajstić information content (AvgIpc) is 2.65. The van der Waals surface area contributed by atoms with Gasteiger partial charge in [-0.05, 0) is 70.4 Å². The van der Waals surface area contributed by atoms with Crippen LogP contribution in [0.4, 0.5) is 5.69 Å². The van der Waals surface area contributed by atoms with Gasteiger partial charge in [-0.3, -0.25) is 4.79 Å². The van der Waals surface area contributed by atoms with Crippen LogP contribution in [0, 0.1) is 0 Å². The van der Waals surface area contributed by atoms with Crippen molar-refractivity contribution in [3.8, 4) is 11.5 Å². The Morgan fingerprint density at radius 1 is 1.15 bits per heavy atom. The molecule has 5 heteroatoms. The highest BCUT2D eigenvalue weighted by Gasteiger charge is 2.02. The highest BCUT2D eigenvalue weighted by molar-refractivity contribution is 9.10. The number of anilines is 1. The molecule has 0 aliphatic heterocycles. The summed E-state index contributed by atoms with van der Waals surface area (Å²) in [5.74, 6) is 1.38. The molecule has 0 bridgehead atoms. The Hall–Kier alpha value is -2.27. The Balaban J connectivity index is 1.86. The molecule has 0 aromatic heterocycles. The number of hydrogen-bond acceptors (Lipinski definition) is 3. The second kappa shape index (κ2) is 10.7. The first-order chi connectivity index (χ1) is 12.6. The number of ether oxygens (including phenoxy) is 2. The maximum Gasteiger partial charge on any atom is 0.248 e.